The van der Waals surface area contributed by atoms with E-state index in [-0.39, 0.29) is 16.4 Å². The van der Waals surface area contributed by atoms with Gasteiger partial charge in [0, 0.05) is 5.56 Å². The summed E-state index contributed by atoms with van der Waals surface area (Å²) >= 11 is 0. The summed E-state index contributed by atoms with van der Waals surface area (Å²) in [5, 5.41) is -0.0706. The number of hydrogen-bond donors (Lipinski definition) is 2. The molecule has 0 aromatic heterocycles. The Balaban J connectivity index is 3.16. The van der Waals surface area contributed by atoms with Gasteiger partial charge in [0.1, 0.15) is 11.6 Å². The third-order valence-electron chi connectivity index (χ3n) is 7.23. The van der Waals surface area contributed by atoms with Crippen LogP contribution in [-0.4, -0.2) is 36.5 Å². The molecule has 0 aliphatic carbocycles. The Morgan fingerprint density at radius 1 is 1.00 bits per heavy atom. The number of rotatable bonds is 12. The first-order valence-corrected chi connectivity index (χ1v) is 16.1. The largest absolute Gasteiger partial charge is 0.454 e. The fourth-order valence-corrected chi connectivity index (χ4v) is 5.14. The second kappa shape index (κ2) is 11.8. The number of nitrogens with one attached hydrogen (secondary N) is 1. The summed E-state index contributed by atoms with van der Waals surface area (Å²) < 4.78 is 5.30. The zero-order valence-electron chi connectivity index (χ0n) is 25.0. The second-order valence-corrected chi connectivity index (χ2v) is 17.9. The van der Waals surface area contributed by atoms with Crippen molar-refractivity contribution in [3.05, 3.63) is 28.8 Å². The Morgan fingerprint density at radius 3 is 2.03 bits per heavy atom. The van der Waals surface area contributed by atoms with Crippen molar-refractivity contribution < 1.29 is 24.0 Å². The lowest BCUT2D eigenvalue weighted by molar-refractivity contribution is -0.164. The van der Waals surface area contributed by atoms with Crippen LogP contribution < -0.4 is 10.3 Å². The smallest absolute Gasteiger partial charge is 0.376 e. The quantitative estimate of drug-likeness (QED) is 0.140. The number of esters is 1. The van der Waals surface area contributed by atoms with Crippen molar-refractivity contribution in [2.75, 3.05) is 0 Å². The lowest BCUT2D eigenvalue weighted by Gasteiger charge is -2.36. The normalized spacial score (nSPS) is 14.1. The second-order valence-electron chi connectivity index (χ2n) is 13.4. The van der Waals surface area contributed by atoms with E-state index in [1.54, 1.807) is 20.8 Å². The first kappa shape index (κ1) is 32.3. The molecular formula is C29H51NO5Si. The van der Waals surface area contributed by atoms with Crippen molar-refractivity contribution in [3.8, 4) is 5.75 Å². The Labute approximate surface area is 220 Å². The predicted octanol–water partition coefficient (Wildman–Crippen LogP) is 6.55. The molecule has 1 atom stereocenters. The Hall–Kier alpha value is -1.70. The molecule has 2 N–H and O–H groups in total. The topological polar surface area (TPSA) is 84.9 Å². The van der Waals surface area contributed by atoms with E-state index in [1.807, 2.05) is 39.9 Å². The molecule has 0 saturated heterocycles. The third kappa shape index (κ3) is 9.00. The number of ketones is 1. The van der Waals surface area contributed by atoms with Crippen molar-refractivity contribution in [1.82, 2.24) is 5.48 Å². The van der Waals surface area contributed by atoms with Gasteiger partial charge in [-0.2, -0.15) is 0 Å². The standard InChI is InChI=1S/C29H51NO5Si/c1-19(2)24(25(31)26(32)34-27(5,6)7)30-35-22-18-20(3)17-21(4)23(22)28(8,9)15-14-16-29(10,11)36(12,13)33/h17-19,24,30,33H,14-16H2,1-13H3/t24-/m0/s1. The van der Waals surface area contributed by atoms with Gasteiger partial charge in [-0.05, 0) is 94.1 Å². The molecule has 0 fully saturated rings. The third-order valence-corrected chi connectivity index (χ3v) is 10.8. The number of hydrogen-bond acceptors (Lipinski definition) is 6. The summed E-state index contributed by atoms with van der Waals surface area (Å²) in [6, 6.07) is 3.28. The van der Waals surface area contributed by atoms with Gasteiger partial charge in [-0.25, -0.2) is 4.79 Å². The highest BCUT2D eigenvalue weighted by Crippen LogP contribution is 2.44. The SMILES string of the molecule is Cc1cc(C)c(C(C)(C)CCCC(C)(C)[Si](C)(C)O)c(ON[C@H](C(=O)C(=O)OC(C)(C)C)C(C)C)c1. The van der Waals surface area contributed by atoms with E-state index in [0.717, 1.165) is 36.0 Å². The first-order valence-electron chi connectivity index (χ1n) is 13.1. The van der Waals surface area contributed by atoms with Crippen LogP contribution in [0, 0.1) is 19.8 Å². The van der Waals surface area contributed by atoms with Crippen LogP contribution in [0.5, 0.6) is 5.75 Å². The van der Waals surface area contributed by atoms with Crippen LogP contribution in [0.2, 0.25) is 18.1 Å². The van der Waals surface area contributed by atoms with Gasteiger partial charge in [0.05, 0.1) is 0 Å². The van der Waals surface area contributed by atoms with Gasteiger partial charge >= 0.3 is 5.97 Å². The van der Waals surface area contributed by atoms with E-state index in [4.69, 9.17) is 9.57 Å². The summed E-state index contributed by atoms with van der Waals surface area (Å²) in [7, 11) is -2.27. The van der Waals surface area contributed by atoms with Crippen LogP contribution in [0.3, 0.4) is 0 Å². The van der Waals surface area contributed by atoms with Gasteiger partial charge in [0.2, 0.25) is 0 Å². The Kier molecular flexibility index (Phi) is 10.6. The maximum absolute atomic E-state index is 12.9. The van der Waals surface area contributed by atoms with Gasteiger partial charge in [-0.3, -0.25) is 4.79 Å². The van der Waals surface area contributed by atoms with E-state index >= 15 is 0 Å². The van der Waals surface area contributed by atoms with Crippen molar-refractivity contribution >= 4 is 20.1 Å². The monoisotopic (exact) mass is 521 g/mol. The Bertz CT molecular complexity index is 923. The Morgan fingerprint density at radius 2 is 1.56 bits per heavy atom. The van der Waals surface area contributed by atoms with Crippen molar-refractivity contribution in [2.24, 2.45) is 5.92 Å². The highest BCUT2D eigenvalue weighted by atomic mass is 28.4. The first-order chi connectivity index (χ1) is 16.1. The van der Waals surface area contributed by atoms with Crippen molar-refractivity contribution in [2.45, 2.75) is 131 Å². The van der Waals surface area contributed by atoms with E-state index in [1.165, 1.54) is 0 Å². The molecule has 0 heterocycles. The molecule has 0 unspecified atom stereocenters. The molecule has 0 radical (unpaired) electrons. The fourth-order valence-electron chi connectivity index (χ4n) is 4.35. The number of benzene rings is 1. The zero-order chi connectivity index (χ0) is 28.3. The molecule has 1 aromatic carbocycles. The molecule has 1 aromatic rings. The van der Waals surface area contributed by atoms with Crippen LogP contribution in [0.4, 0.5) is 0 Å². The highest BCUT2D eigenvalue weighted by Gasteiger charge is 2.38. The summed E-state index contributed by atoms with van der Waals surface area (Å²) in [5.74, 6) is -1.03. The molecule has 6 nitrogen and oxygen atoms in total. The van der Waals surface area contributed by atoms with Crippen molar-refractivity contribution in [1.29, 1.82) is 0 Å². The minimum atomic E-state index is -2.27. The van der Waals surface area contributed by atoms with Gasteiger partial charge in [0.25, 0.3) is 5.78 Å². The number of hydroxylamine groups is 1. The molecule has 0 bridgehead atoms. The molecule has 0 amide bonds. The van der Waals surface area contributed by atoms with Gasteiger partial charge in [-0.1, -0.05) is 54.0 Å². The van der Waals surface area contributed by atoms with Gasteiger partial charge in [-0.15, -0.1) is 5.48 Å². The molecule has 0 spiro atoms. The molecule has 0 aliphatic heterocycles. The maximum atomic E-state index is 12.9. The lowest BCUT2D eigenvalue weighted by atomic mass is 9.76. The van der Waals surface area contributed by atoms with Crippen LogP contribution in [0.25, 0.3) is 0 Å². The molecule has 7 heteroatoms. The number of carbonyl (C=O) groups excluding carboxylic acids is 2. The predicted molar refractivity (Wildman–Crippen MR) is 150 cm³/mol. The fraction of sp³-hybridized carbons (Fsp3) is 0.724. The van der Waals surface area contributed by atoms with Crippen molar-refractivity contribution in [3.63, 3.8) is 0 Å². The molecule has 206 valence electrons. The van der Waals surface area contributed by atoms with Crippen LogP contribution in [-0.2, 0) is 19.7 Å². The average Bonchev–Trinajstić information content (AvgIpc) is 2.64. The van der Waals surface area contributed by atoms with Crippen LogP contribution in [0.15, 0.2) is 12.1 Å². The lowest BCUT2D eigenvalue weighted by Crippen LogP contribution is -2.48. The number of ether oxygens (including phenoxy) is 1. The molecular weight excluding hydrogens is 470 g/mol. The molecule has 36 heavy (non-hydrogen) atoms. The van der Waals surface area contributed by atoms with Gasteiger partial charge < -0.3 is 14.4 Å². The summed E-state index contributed by atoms with van der Waals surface area (Å²) in [6.45, 7) is 25.8. The van der Waals surface area contributed by atoms with E-state index in [2.05, 4.69) is 46.2 Å². The molecule has 0 saturated carbocycles. The van der Waals surface area contributed by atoms with E-state index in [9.17, 15) is 14.4 Å². The maximum Gasteiger partial charge on any atom is 0.376 e. The highest BCUT2D eigenvalue weighted by molar-refractivity contribution is 6.72. The summed E-state index contributed by atoms with van der Waals surface area (Å²) in [5.41, 5.74) is 5.19. The van der Waals surface area contributed by atoms with Crippen LogP contribution in [0.1, 0.15) is 98.3 Å². The molecule has 1 rings (SSSR count). The molecule has 0 aliphatic rings. The number of carbonyl (C=O) groups is 2. The summed E-state index contributed by atoms with van der Waals surface area (Å²) in [4.78, 5) is 42.1. The van der Waals surface area contributed by atoms with E-state index < -0.39 is 31.7 Å². The minimum absolute atomic E-state index is 0.0706. The van der Waals surface area contributed by atoms with Gasteiger partial charge in [0.15, 0.2) is 14.1 Å². The number of Topliss-reactive ketones (excluding diaryl/α,β-unsaturated/α-hetero) is 1. The summed E-state index contributed by atoms with van der Waals surface area (Å²) in [6.07, 6.45) is 2.85. The number of aryl methyl sites for hydroxylation is 2. The minimum Gasteiger partial charge on any atom is -0.454 e. The zero-order valence-corrected chi connectivity index (χ0v) is 26.0. The van der Waals surface area contributed by atoms with E-state index in [0.29, 0.717) is 5.75 Å². The van der Waals surface area contributed by atoms with Crippen LogP contribution >= 0.6 is 0 Å². The average molecular weight is 522 g/mol.